The van der Waals surface area contributed by atoms with Gasteiger partial charge in [-0.25, -0.2) is 0 Å². The van der Waals surface area contributed by atoms with Crippen molar-refractivity contribution in [3.8, 4) is 0 Å². The van der Waals surface area contributed by atoms with Crippen molar-refractivity contribution in [2.45, 2.75) is 94.4 Å². The van der Waals surface area contributed by atoms with E-state index < -0.39 is 0 Å². The zero-order chi connectivity index (χ0) is 11.2. The first-order chi connectivity index (χ1) is 8.40. The van der Waals surface area contributed by atoms with Crippen LogP contribution in [-0.2, 0) is 0 Å². The van der Waals surface area contributed by atoms with E-state index in [4.69, 9.17) is 0 Å². The Kier molecular flexibility index (Phi) is 2.69. The maximum Gasteiger partial charge on any atom is 0.0131 e. The van der Waals surface area contributed by atoms with Crippen LogP contribution in [0.5, 0.6) is 0 Å². The average Bonchev–Trinajstić information content (AvgIpc) is 2.56. The fourth-order valence-corrected chi connectivity index (χ4v) is 5.24. The van der Waals surface area contributed by atoms with Crippen LogP contribution in [0.3, 0.4) is 0 Å². The summed E-state index contributed by atoms with van der Waals surface area (Å²) in [4.78, 5) is 3.00. The molecule has 5 rings (SSSR count). The first-order valence-electron chi connectivity index (χ1n) is 7.93. The highest BCUT2D eigenvalue weighted by atomic mass is 15.3. The topological polar surface area (TPSA) is 15.3 Å². The van der Waals surface area contributed by atoms with Crippen LogP contribution in [0.25, 0.3) is 0 Å². The van der Waals surface area contributed by atoms with E-state index in [-0.39, 0.29) is 0 Å². The minimum absolute atomic E-state index is 0.875. The fourth-order valence-electron chi connectivity index (χ4n) is 5.24. The van der Waals surface area contributed by atoms with Crippen molar-refractivity contribution in [1.29, 1.82) is 0 Å². The van der Waals surface area contributed by atoms with Gasteiger partial charge in [0.1, 0.15) is 0 Å². The molecule has 5 fully saturated rings. The SMILES string of the molecule is C1CCCC(N2C3CC4CC2CC(C3)N4)CC1. The average molecular weight is 234 g/mol. The van der Waals surface area contributed by atoms with Crippen molar-refractivity contribution in [3.05, 3.63) is 0 Å². The number of piperidine rings is 4. The molecule has 0 aromatic heterocycles. The molecular weight excluding hydrogens is 208 g/mol. The van der Waals surface area contributed by atoms with E-state index in [1.54, 1.807) is 0 Å². The van der Waals surface area contributed by atoms with E-state index in [1.807, 2.05) is 0 Å². The van der Waals surface area contributed by atoms with E-state index in [9.17, 15) is 0 Å². The summed E-state index contributed by atoms with van der Waals surface area (Å²) in [5.41, 5.74) is 0. The maximum atomic E-state index is 3.82. The van der Waals surface area contributed by atoms with Gasteiger partial charge < -0.3 is 5.32 Å². The maximum absolute atomic E-state index is 3.82. The van der Waals surface area contributed by atoms with Crippen LogP contribution in [0.4, 0.5) is 0 Å². The molecule has 0 atom stereocenters. The Morgan fingerprint density at radius 2 is 1.18 bits per heavy atom. The van der Waals surface area contributed by atoms with Gasteiger partial charge in [0.25, 0.3) is 0 Å². The van der Waals surface area contributed by atoms with Gasteiger partial charge >= 0.3 is 0 Å². The third-order valence-corrected chi connectivity index (χ3v) is 5.79. The molecule has 0 aromatic rings. The number of hydrogen-bond donors (Lipinski definition) is 1. The molecule has 17 heavy (non-hydrogen) atoms. The van der Waals surface area contributed by atoms with Gasteiger partial charge in [0.05, 0.1) is 0 Å². The normalized spacial score (nSPS) is 47.3. The van der Waals surface area contributed by atoms with Crippen molar-refractivity contribution in [1.82, 2.24) is 10.2 Å². The molecule has 1 saturated carbocycles. The molecule has 1 aliphatic carbocycles. The lowest BCUT2D eigenvalue weighted by Crippen LogP contribution is -2.69. The first kappa shape index (κ1) is 10.8. The quantitative estimate of drug-likeness (QED) is 0.702. The lowest BCUT2D eigenvalue weighted by molar-refractivity contribution is -0.0603. The standard InChI is InChI=1S/C15H26N2/c1-2-4-6-13(5-3-1)17-14-7-11-8-15(17)10-12(9-14)16-11/h11-16H,1-10H2. The van der Waals surface area contributed by atoms with Crippen molar-refractivity contribution < 1.29 is 0 Å². The number of nitrogens with one attached hydrogen (secondary N) is 1. The van der Waals surface area contributed by atoms with E-state index in [0.29, 0.717) is 0 Å². The van der Waals surface area contributed by atoms with Gasteiger partial charge in [-0.1, -0.05) is 25.7 Å². The first-order valence-corrected chi connectivity index (χ1v) is 7.93. The van der Waals surface area contributed by atoms with Crippen molar-refractivity contribution in [3.63, 3.8) is 0 Å². The van der Waals surface area contributed by atoms with Gasteiger partial charge in [-0.3, -0.25) is 4.90 Å². The predicted molar refractivity (Wildman–Crippen MR) is 70.1 cm³/mol. The molecule has 1 N–H and O–H groups in total. The van der Waals surface area contributed by atoms with E-state index >= 15 is 0 Å². The van der Waals surface area contributed by atoms with Gasteiger partial charge in [0.2, 0.25) is 0 Å². The molecule has 4 aliphatic heterocycles. The molecule has 2 heteroatoms. The summed E-state index contributed by atoms with van der Waals surface area (Å²) in [6, 6.07) is 4.59. The minimum Gasteiger partial charge on any atom is -0.311 e. The molecule has 4 heterocycles. The third-order valence-electron chi connectivity index (χ3n) is 5.79. The van der Waals surface area contributed by atoms with Crippen LogP contribution < -0.4 is 5.32 Å². The Morgan fingerprint density at radius 3 is 1.71 bits per heavy atom. The third kappa shape index (κ3) is 1.84. The van der Waals surface area contributed by atoms with Crippen LogP contribution in [0.2, 0.25) is 0 Å². The summed E-state index contributed by atoms with van der Waals surface area (Å²) >= 11 is 0. The molecule has 0 spiro atoms. The molecule has 0 unspecified atom stereocenters. The highest BCUT2D eigenvalue weighted by molar-refractivity contribution is 5.06. The zero-order valence-electron chi connectivity index (χ0n) is 10.9. The smallest absolute Gasteiger partial charge is 0.0131 e. The van der Waals surface area contributed by atoms with Crippen LogP contribution in [-0.4, -0.2) is 35.1 Å². The number of rotatable bonds is 1. The summed E-state index contributed by atoms with van der Waals surface area (Å²) in [6.07, 6.45) is 14.8. The van der Waals surface area contributed by atoms with Crippen LogP contribution in [0, 0.1) is 0 Å². The Labute approximate surface area is 105 Å². The lowest BCUT2D eigenvalue weighted by Gasteiger charge is -2.59. The summed E-state index contributed by atoms with van der Waals surface area (Å²) in [5, 5.41) is 3.82. The molecule has 96 valence electrons. The van der Waals surface area contributed by atoms with E-state index in [2.05, 4.69) is 10.2 Å². The second kappa shape index (κ2) is 4.24. The lowest BCUT2D eigenvalue weighted by atomic mass is 9.73. The van der Waals surface area contributed by atoms with Gasteiger partial charge in [-0.2, -0.15) is 0 Å². The van der Waals surface area contributed by atoms with Crippen LogP contribution in [0.1, 0.15) is 64.2 Å². The van der Waals surface area contributed by atoms with Crippen LogP contribution in [0.15, 0.2) is 0 Å². The monoisotopic (exact) mass is 234 g/mol. The Bertz CT molecular complexity index is 253. The zero-order valence-corrected chi connectivity index (χ0v) is 10.9. The summed E-state index contributed by atoms with van der Waals surface area (Å²) < 4.78 is 0. The molecular formula is C15H26N2. The molecule has 4 saturated heterocycles. The van der Waals surface area contributed by atoms with E-state index in [0.717, 1.165) is 30.2 Å². The molecule has 0 amide bonds. The molecule has 2 nitrogen and oxygen atoms in total. The van der Waals surface area contributed by atoms with E-state index in [1.165, 1.54) is 64.2 Å². The van der Waals surface area contributed by atoms with Gasteiger partial charge in [-0.05, 0) is 38.5 Å². The Balaban J connectivity index is 1.53. The molecule has 0 aromatic carbocycles. The summed E-state index contributed by atoms with van der Waals surface area (Å²) in [6.45, 7) is 0. The Morgan fingerprint density at radius 1 is 0.647 bits per heavy atom. The second-order valence-electron chi connectivity index (χ2n) is 6.90. The van der Waals surface area contributed by atoms with Crippen molar-refractivity contribution >= 4 is 0 Å². The van der Waals surface area contributed by atoms with Gasteiger partial charge in [0, 0.05) is 30.2 Å². The molecule has 5 aliphatic rings. The largest absolute Gasteiger partial charge is 0.311 e. The molecule has 4 bridgehead atoms. The highest BCUT2D eigenvalue weighted by Gasteiger charge is 2.48. The van der Waals surface area contributed by atoms with Crippen molar-refractivity contribution in [2.75, 3.05) is 0 Å². The van der Waals surface area contributed by atoms with Gasteiger partial charge in [0.15, 0.2) is 0 Å². The van der Waals surface area contributed by atoms with Crippen LogP contribution >= 0.6 is 0 Å². The van der Waals surface area contributed by atoms with Gasteiger partial charge in [-0.15, -0.1) is 0 Å². The fraction of sp³-hybridized carbons (Fsp3) is 1.00. The number of hydrogen-bond acceptors (Lipinski definition) is 2. The summed E-state index contributed by atoms with van der Waals surface area (Å²) in [7, 11) is 0. The summed E-state index contributed by atoms with van der Waals surface area (Å²) in [5.74, 6) is 0. The number of nitrogens with zero attached hydrogens (tertiary/aromatic N) is 1. The predicted octanol–water partition coefficient (Wildman–Crippen LogP) is 2.68. The van der Waals surface area contributed by atoms with Crippen molar-refractivity contribution in [2.24, 2.45) is 0 Å². The highest BCUT2D eigenvalue weighted by Crippen LogP contribution is 2.42. The second-order valence-corrected chi connectivity index (χ2v) is 6.90. The Hall–Kier alpha value is -0.0800. The molecule has 0 radical (unpaired) electrons. The minimum atomic E-state index is 0.875.